The van der Waals surface area contributed by atoms with Crippen molar-refractivity contribution < 1.29 is 9.53 Å². The molecule has 2 N–H and O–H groups in total. The van der Waals surface area contributed by atoms with Gasteiger partial charge in [0, 0.05) is 6.54 Å². The van der Waals surface area contributed by atoms with Crippen LogP contribution >= 0.6 is 0 Å². The highest BCUT2D eigenvalue weighted by Gasteiger charge is 2.44. The number of amides is 1. The molecule has 0 aromatic carbocycles. The first kappa shape index (κ1) is 9.93. The first-order valence-corrected chi connectivity index (χ1v) is 5.31. The summed E-state index contributed by atoms with van der Waals surface area (Å²) in [6.07, 6.45) is 2.77. The van der Waals surface area contributed by atoms with Crippen molar-refractivity contribution in [2.24, 2.45) is 5.73 Å². The van der Waals surface area contributed by atoms with Gasteiger partial charge in [-0.1, -0.05) is 0 Å². The zero-order chi connectivity index (χ0) is 10.2. The first-order valence-electron chi connectivity index (χ1n) is 5.31. The molecular formula is C10H18N2O2. The van der Waals surface area contributed by atoms with Crippen LogP contribution in [0, 0.1) is 0 Å². The van der Waals surface area contributed by atoms with Crippen molar-refractivity contribution in [3.05, 3.63) is 0 Å². The number of carbonyl (C=O) groups excluding carboxylic acids is 1. The minimum atomic E-state index is -0.550. The minimum absolute atomic E-state index is 0.125. The van der Waals surface area contributed by atoms with Crippen LogP contribution in [0.3, 0.4) is 0 Å². The topological polar surface area (TPSA) is 55.6 Å². The lowest BCUT2D eigenvalue weighted by Gasteiger charge is -2.43. The minimum Gasteiger partial charge on any atom is -0.377 e. The molecule has 4 nitrogen and oxygen atoms in total. The Morgan fingerprint density at radius 1 is 1.57 bits per heavy atom. The fourth-order valence-electron chi connectivity index (χ4n) is 2.09. The second kappa shape index (κ2) is 3.51. The van der Waals surface area contributed by atoms with Crippen LogP contribution in [0.1, 0.15) is 26.2 Å². The van der Waals surface area contributed by atoms with Gasteiger partial charge in [-0.15, -0.1) is 0 Å². The number of rotatable bonds is 1. The molecule has 2 fully saturated rings. The molecule has 80 valence electrons. The zero-order valence-corrected chi connectivity index (χ0v) is 8.66. The number of nitrogens with zero attached hydrogens (tertiary/aromatic N) is 1. The van der Waals surface area contributed by atoms with Gasteiger partial charge in [-0.05, 0) is 26.2 Å². The Morgan fingerprint density at radius 2 is 2.29 bits per heavy atom. The molecule has 4 heteroatoms. The van der Waals surface area contributed by atoms with E-state index in [2.05, 4.69) is 0 Å². The van der Waals surface area contributed by atoms with Crippen molar-refractivity contribution in [3.63, 3.8) is 0 Å². The SMILES string of the molecule is CC1COCCN1C(=O)C1(N)CCC1. The summed E-state index contributed by atoms with van der Waals surface area (Å²) in [4.78, 5) is 13.9. The molecule has 0 bridgehead atoms. The monoisotopic (exact) mass is 198 g/mol. The summed E-state index contributed by atoms with van der Waals surface area (Å²) in [6.45, 7) is 3.99. The largest absolute Gasteiger partial charge is 0.377 e. The van der Waals surface area contributed by atoms with E-state index < -0.39 is 5.54 Å². The van der Waals surface area contributed by atoms with E-state index in [1.54, 1.807) is 0 Å². The van der Waals surface area contributed by atoms with Crippen LogP contribution in [0.2, 0.25) is 0 Å². The van der Waals surface area contributed by atoms with Gasteiger partial charge in [-0.3, -0.25) is 4.79 Å². The number of nitrogens with two attached hydrogens (primary N) is 1. The maximum atomic E-state index is 12.1. The van der Waals surface area contributed by atoms with Crippen LogP contribution in [-0.4, -0.2) is 42.1 Å². The lowest BCUT2D eigenvalue weighted by atomic mass is 9.76. The molecule has 1 unspecified atom stereocenters. The molecule has 0 spiro atoms. The van der Waals surface area contributed by atoms with Gasteiger partial charge in [0.05, 0.1) is 24.8 Å². The summed E-state index contributed by atoms with van der Waals surface area (Å²) in [5.74, 6) is 0.125. The number of carbonyl (C=O) groups is 1. The Morgan fingerprint density at radius 3 is 2.79 bits per heavy atom. The Labute approximate surface area is 84.4 Å². The van der Waals surface area contributed by atoms with Crippen LogP contribution in [0.15, 0.2) is 0 Å². The zero-order valence-electron chi connectivity index (χ0n) is 8.66. The van der Waals surface area contributed by atoms with E-state index >= 15 is 0 Å². The second-order valence-corrected chi connectivity index (χ2v) is 4.43. The highest BCUT2D eigenvalue weighted by atomic mass is 16.5. The van der Waals surface area contributed by atoms with Gasteiger partial charge >= 0.3 is 0 Å². The second-order valence-electron chi connectivity index (χ2n) is 4.43. The fraction of sp³-hybridized carbons (Fsp3) is 0.900. The summed E-state index contributed by atoms with van der Waals surface area (Å²) >= 11 is 0. The molecule has 0 aromatic heterocycles. The number of hydrogen-bond acceptors (Lipinski definition) is 3. The van der Waals surface area contributed by atoms with Crippen molar-refractivity contribution in [2.45, 2.75) is 37.8 Å². The van der Waals surface area contributed by atoms with Crippen LogP contribution in [0.4, 0.5) is 0 Å². The highest BCUT2D eigenvalue weighted by molar-refractivity contribution is 5.87. The van der Waals surface area contributed by atoms with Crippen LogP contribution in [0.25, 0.3) is 0 Å². The normalized spacial score (nSPS) is 31.0. The molecule has 1 saturated carbocycles. The maximum absolute atomic E-state index is 12.1. The molecule has 1 amide bonds. The maximum Gasteiger partial charge on any atom is 0.243 e. The van der Waals surface area contributed by atoms with Crippen LogP contribution in [0.5, 0.6) is 0 Å². The molecule has 1 aliphatic carbocycles. The summed E-state index contributed by atoms with van der Waals surface area (Å²) < 4.78 is 5.29. The van der Waals surface area contributed by atoms with Gasteiger partial charge < -0.3 is 15.4 Å². The van der Waals surface area contributed by atoms with Crippen molar-refractivity contribution >= 4 is 5.91 Å². The average Bonchev–Trinajstić information content (AvgIpc) is 2.14. The molecule has 2 aliphatic rings. The molecule has 2 rings (SSSR count). The Kier molecular flexibility index (Phi) is 2.49. The third-order valence-corrected chi connectivity index (χ3v) is 3.30. The lowest BCUT2D eigenvalue weighted by molar-refractivity contribution is -0.148. The first-order chi connectivity index (χ1) is 6.63. The van der Waals surface area contributed by atoms with E-state index in [1.807, 2.05) is 11.8 Å². The molecule has 0 radical (unpaired) electrons. The Hall–Kier alpha value is -0.610. The molecule has 14 heavy (non-hydrogen) atoms. The van der Waals surface area contributed by atoms with Gasteiger partial charge in [0.15, 0.2) is 0 Å². The Bertz CT molecular complexity index is 238. The molecule has 1 saturated heterocycles. The number of hydrogen-bond donors (Lipinski definition) is 1. The Balaban J connectivity index is 2.02. The lowest BCUT2D eigenvalue weighted by Crippen LogP contribution is -2.63. The van der Waals surface area contributed by atoms with Gasteiger partial charge in [0.2, 0.25) is 5.91 Å². The van der Waals surface area contributed by atoms with E-state index in [0.29, 0.717) is 19.8 Å². The predicted octanol–water partition coefficient (Wildman–Crippen LogP) is 0.115. The average molecular weight is 198 g/mol. The van der Waals surface area contributed by atoms with E-state index in [1.165, 1.54) is 0 Å². The van der Waals surface area contributed by atoms with E-state index in [4.69, 9.17) is 10.5 Å². The van der Waals surface area contributed by atoms with E-state index in [0.717, 1.165) is 19.3 Å². The molecule has 1 aliphatic heterocycles. The highest BCUT2D eigenvalue weighted by Crippen LogP contribution is 2.31. The summed E-state index contributed by atoms with van der Waals surface area (Å²) in [6, 6.07) is 0.178. The summed E-state index contributed by atoms with van der Waals surface area (Å²) in [5.41, 5.74) is 5.46. The third kappa shape index (κ3) is 1.53. The van der Waals surface area contributed by atoms with Crippen molar-refractivity contribution in [2.75, 3.05) is 19.8 Å². The summed E-state index contributed by atoms with van der Waals surface area (Å²) in [5, 5.41) is 0. The molecule has 1 heterocycles. The van der Waals surface area contributed by atoms with Crippen LogP contribution in [-0.2, 0) is 9.53 Å². The third-order valence-electron chi connectivity index (χ3n) is 3.30. The molecule has 0 aromatic rings. The number of morpholine rings is 1. The molecule has 1 atom stereocenters. The quantitative estimate of drug-likeness (QED) is 0.651. The summed E-state index contributed by atoms with van der Waals surface area (Å²) in [7, 11) is 0. The van der Waals surface area contributed by atoms with Crippen molar-refractivity contribution in [3.8, 4) is 0 Å². The van der Waals surface area contributed by atoms with Crippen molar-refractivity contribution in [1.29, 1.82) is 0 Å². The smallest absolute Gasteiger partial charge is 0.243 e. The fourth-order valence-corrected chi connectivity index (χ4v) is 2.09. The standard InChI is InChI=1S/C10H18N2O2/c1-8-7-14-6-5-12(8)9(13)10(11)3-2-4-10/h8H,2-7,11H2,1H3. The van der Waals surface area contributed by atoms with Gasteiger partial charge in [0.1, 0.15) is 0 Å². The van der Waals surface area contributed by atoms with Gasteiger partial charge in [-0.25, -0.2) is 0 Å². The van der Waals surface area contributed by atoms with E-state index in [-0.39, 0.29) is 11.9 Å². The number of ether oxygens (including phenoxy) is 1. The van der Waals surface area contributed by atoms with Gasteiger partial charge in [-0.2, -0.15) is 0 Å². The van der Waals surface area contributed by atoms with Crippen molar-refractivity contribution in [1.82, 2.24) is 4.90 Å². The van der Waals surface area contributed by atoms with Gasteiger partial charge in [0.25, 0.3) is 0 Å². The predicted molar refractivity (Wildman–Crippen MR) is 52.8 cm³/mol. The van der Waals surface area contributed by atoms with E-state index in [9.17, 15) is 4.79 Å². The molecular weight excluding hydrogens is 180 g/mol. The van der Waals surface area contributed by atoms with Crippen LogP contribution < -0.4 is 5.73 Å².